The zero-order chi connectivity index (χ0) is 16.1. The summed E-state index contributed by atoms with van der Waals surface area (Å²) < 4.78 is 18.3. The number of anilines is 1. The first kappa shape index (κ1) is 15.3. The summed E-state index contributed by atoms with van der Waals surface area (Å²) in [4.78, 5) is 34.0. The van der Waals surface area contributed by atoms with Gasteiger partial charge in [-0.2, -0.15) is 0 Å². The highest BCUT2D eigenvalue weighted by Gasteiger charge is 2.20. The van der Waals surface area contributed by atoms with E-state index in [0.717, 1.165) is 17.2 Å². The Balaban J connectivity index is 2.34. The topological polar surface area (TPSA) is 106 Å². The van der Waals surface area contributed by atoms with E-state index in [1.165, 1.54) is 19.5 Å². The standard InChI is InChI=1S/C13H11FN4O4/c1-22-11-9(2-10(14)5-15-11)6-18(13(20)21)12-16-3-8(7-19)4-17-12/h2-5,7H,6H2,1H3,(H,20,21). The van der Waals surface area contributed by atoms with Crippen LogP contribution in [-0.4, -0.2) is 39.5 Å². The molecule has 0 saturated heterocycles. The molecule has 2 heterocycles. The van der Waals surface area contributed by atoms with Crippen LogP contribution in [0.2, 0.25) is 0 Å². The Bertz CT molecular complexity index is 693. The lowest BCUT2D eigenvalue weighted by Gasteiger charge is -2.18. The summed E-state index contributed by atoms with van der Waals surface area (Å²) in [5.41, 5.74) is 0.423. The lowest BCUT2D eigenvalue weighted by molar-refractivity contribution is 0.112. The molecule has 0 spiro atoms. The number of carboxylic acid groups (broad SMARTS) is 1. The van der Waals surface area contributed by atoms with Gasteiger partial charge in [0.2, 0.25) is 11.8 Å². The van der Waals surface area contributed by atoms with Gasteiger partial charge in [0.1, 0.15) is 5.82 Å². The number of methoxy groups -OCH3 is 1. The minimum absolute atomic E-state index is 0.0946. The number of carbonyl (C=O) groups excluding carboxylic acids is 1. The van der Waals surface area contributed by atoms with Crippen molar-refractivity contribution in [1.29, 1.82) is 0 Å². The Kier molecular flexibility index (Phi) is 4.57. The Morgan fingerprint density at radius 2 is 2.05 bits per heavy atom. The molecule has 2 aromatic heterocycles. The van der Waals surface area contributed by atoms with Gasteiger partial charge in [-0.15, -0.1) is 0 Å². The van der Waals surface area contributed by atoms with Crippen molar-refractivity contribution in [3.8, 4) is 5.88 Å². The summed E-state index contributed by atoms with van der Waals surface area (Å²) in [6.07, 6.45) is 2.53. The molecule has 22 heavy (non-hydrogen) atoms. The van der Waals surface area contributed by atoms with Crippen molar-refractivity contribution in [2.75, 3.05) is 12.0 Å². The van der Waals surface area contributed by atoms with Crippen LogP contribution in [0.5, 0.6) is 5.88 Å². The summed E-state index contributed by atoms with van der Waals surface area (Å²) in [6, 6.07) is 1.11. The van der Waals surface area contributed by atoms with Gasteiger partial charge >= 0.3 is 6.09 Å². The predicted octanol–water partition coefficient (Wildman–Crippen LogP) is 1.52. The van der Waals surface area contributed by atoms with Crippen molar-refractivity contribution in [2.45, 2.75) is 6.54 Å². The first-order valence-electron chi connectivity index (χ1n) is 6.01. The predicted molar refractivity (Wildman–Crippen MR) is 72.4 cm³/mol. The Morgan fingerprint density at radius 1 is 1.36 bits per heavy atom. The van der Waals surface area contributed by atoms with E-state index < -0.39 is 11.9 Å². The molecule has 0 atom stereocenters. The highest BCUT2D eigenvalue weighted by Crippen LogP contribution is 2.20. The number of aromatic nitrogens is 3. The Hall–Kier alpha value is -3.10. The number of carbonyl (C=O) groups is 2. The number of amides is 1. The second kappa shape index (κ2) is 6.57. The average molecular weight is 306 g/mol. The minimum Gasteiger partial charge on any atom is -0.481 e. The molecule has 0 aliphatic heterocycles. The molecule has 0 unspecified atom stereocenters. The molecule has 9 heteroatoms. The van der Waals surface area contributed by atoms with E-state index in [9.17, 15) is 19.1 Å². The van der Waals surface area contributed by atoms with E-state index in [-0.39, 0.29) is 29.5 Å². The maximum absolute atomic E-state index is 13.3. The first-order valence-corrected chi connectivity index (χ1v) is 6.01. The molecule has 0 bridgehead atoms. The van der Waals surface area contributed by atoms with Crippen LogP contribution >= 0.6 is 0 Å². The smallest absolute Gasteiger partial charge is 0.414 e. The summed E-state index contributed by atoms with van der Waals surface area (Å²) in [5.74, 6) is -0.681. The minimum atomic E-state index is -1.34. The highest BCUT2D eigenvalue weighted by atomic mass is 19.1. The van der Waals surface area contributed by atoms with Gasteiger partial charge in [0.05, 0.1) is 25.4 Å². The van der Waals surface area contributed by atoms with Gasteiger partial charge in [-0.3, -0.25) is 4.79 Å². The molecule has 0 aromatic carbocycles. The van der Waals surface area contributed by atoms with Crippen LogP contribution in [0, 0.1) is 5.82 Å². The largest absolute Gasteiger partial charge is 0.481 e. The number of ether oxygens (including phenoxy) is 1. The molecule has 0 aliphatic rings. The van der Waals surface area contributed by atoms with Gasteiger partial charge in [0, 0.05) is 18.0 Å². The zero-order valence-electron chi connectivity index (χ0n) is 11.4. The van der Waals surface area contributed by atoms with Crippen LogP contribution in [0.4, 0.5) is 15.1 Å². The molecular weight excluding hydrogens is 295 g/mol. The normalized spacial score (nSPS) is 10.1. The van der Waals surface area contributed by atoms with Crippen molar-refractivity contribution >= 4 is 18.3 Å². The van der Waals surface area contributed by atoms with Crippen LogP contribution in [0.15, 0.2) is 24.7 Å². The van der Waals surface area contributed by atoms with Crippen LogP contribution in [-0.2, 0) is 6.54 Å². The van der Waals surface area contributed by atoms with Crippen LogP contribution in [0.3, 0.4) is 0 Å². The molecule has 1 N–H and O–H groups in total. The summed E-state index contributed by atoms with van der Waals surface area (Å²) in [7, 11) is 1.34. The van der Waals surface area contributed by atoms with E-state index in [1.807, 2.05) is 0 Å². The molecule has 0 saturated carbocycles. The quantitative estimate of drug-likeness (QED) is 0.835. The number of rotatable bonds is 5. The zero-order valence-corrected chi connectivity index (χ0v) is 11.4. The fraction of sp³-hybridized carbons (Fsp3) is 0.154. The van der Waals surface area contributed by atoms with Crippen molar-refractivity contribution in [3.63, 3.8) is 0 Å². The van der Waals surface area contributed by atoms with Crippen LogP contribution in [0.25, 0.3) is 0 Å². The third-order valence-corrected chi connectivity index (χ3v) is 2.68. The van der Waals surface area contributed by atoms with E-state index in [4.69, 9.17) is 4.74 Å². The molecule has 1 amide bonds. The van der Waals surface area contributed by atoms with Crippen molar-refractivity contribution in [2.24, 2.45) is 0 Å². The molecular formula is C13H11FN4O4. The Morgan fingerprint density at radius 3 is 2.59 bits per heavy atom. The molecule has 0 radical (unpaired) electrons. The summed E-state index contributed by atoms with van der Waals surface area (Å²) in [5, 5.41) is 9.27. The van der Waals surface area contributed by atoms with Crippen molar-refractivity contribution in [1.82, 2.24) is 15.0 Å². The lowest BCUT2D eigenvalue weighted by Crippen LogP contribution is -2.30. The third kappa shape index (κ3) is 3.32. The van der Waals surface area contributed by atoms with E-state index in [0.29, 0.717) is 6.29 Å². The van der Waals surface area contributed by atoms with Gasteiger partial charge in [-0.05, 0) is 6.07 Å². The monoisotopic (exact) mass is 306 g/mol. The summed E-state index contributed by atoms with van der Waals surface area (Å²) >= 11 is 0. The van der Waals surface area contributed by atoms with Gasteiger partial charge < -0.3 is 9.84 Å². The number of halogens is 1. The SMILES string of the molecule is COc1ncc(F)cc1CN(C(=O)O)c1ncc(C=O)cn1. The number of nitrogens with zero attached hydrogens (tertiary/aromatic N) is 4. The second-order valence-electron chi connectivity index (χ2n) is 4.12. The highest BCUT2D eigenvalue weighted by molar-refractivity contribution is 5.83. The average Bonchev–Trinajstić information content (AvgIpc) is 2.52. The number of hydrogen-bond acceptors (Lipinski definition) is 6. The maximum atomic E-state index is 13.3. The van der Waals surface area contributed by atoms with Gasteiger partial charge in [0.15, 0.2) is 6.29 Å². The van der Waals surface area contributed by atoms with Gasteiger partial charge in [0.25, 0.3) is 0 Å². The van der Waals surface area contributed by atoms with Crippen LogP contribution in [0.1, 0.15) is 15.9 Å². The van der Waals surface area contributed by atoms with Crippen molar-refractivity contribution in [3.05, 3.63) is 41.6 Å². The second-order valence-corrected chi connectivity index (χ2v) is 4.12. The van der Waals surface area contributed by atoms with E-state index >= 15 is 0 Å². The van der Waals surface area contributed by atoms with Crippen LogP contribution < -0.4 is 9.64 Å². The molecule has 2 rings (SSSR count). The van der Waals surface area contributed by atoms with Gasteiger partial charge in [-0.1, -0.05) is 0 Å². The molecule has 2 aromatic rings. The number of hydrogen-bond donors (Lipinski definition) is 1. The number of aldehydes is 1. The van der Waals surface area contributed by atoms with E-state index in [2.05, 4.69) is 15.0 Å². The lowest BCUT2D eigenvalue weighted by atomic mass is 10.2. The van der Waals surface area contributed by atoms with Gasteiger partial charge in [-0.25, -0.2) is 29.0 Å². The first-order chi connectivity index (χ1) is 10.5. The number of pyridine rings is 1. The molecule has 0 fully saturated rings. The van der Waals surface area contributed by atoms with E-state index in [1.54, 1.807) is 0 Å². The maximum Gasteiger partial charge on any atom is 0.414 e. The molecule has 114 valence electrons. The molecule has 0 aliphatic carbocycles. The van der Waals surface area contributed by atoms with Crippen molar-refractivity contribution < 1.29 is 23.8 Å². The fourth-order valence-electron chi connectivity index (χ4n) is 1.69. The Labute approximate surface area is 124 Å². The summed E-state index contributed by atoms with van der Waals surface area (Å²) in [6.45, 7) is -0.260. The third-order valence-electron chi connectivity index (χ3n) is 2.68. The fourth-order valence-corrected chi connectivity index (χ4v) is 1.69. The molecule has 8 nitrogen and oxygen atoms in total.